The first-order valence-electron chi connectivity index (χ1n) is 6.58. The van der Waals surface area contributed by atoms with E-state index in [0.29, 0.717) is 13.0 Å². The molecule has 122 valence electrons. The fourth-order valence-corrected chi connectivity index (χ4v) is 2.44. The number of amides is 1. The third-order valence-electron chi connectivity index (χ3n) is 3.44. The molecule has 0 radical (unpaired) electrons. The van der Waals surface area contributed by atoms with Gasteiger partial charge in [0.15, 0.2) is 0 Å². The van der Waals surface area contributed by atoms with Gasteiger partial charge in [0, 0.05) is 12.2 Å². The van der Waals surface area contributed by atoms with Crippen molar-refractivity contribution in [1.29, 1.82) is 0 Å². The third kappa shape index (κ3) is 4.04. The van der Waals surface area contributed by atoms with Crippen LogP contribution >= 0.6 is 11.6 Å². The summed E-state index contributed by atoms with van der Waals surface area (Å²) in [6.07, 6.45) is -4.17. The van der Waals surface area contributed by atoms with Gasteiger partial charge < -0.3 is 14.8 Å². The van der Waals surface area contributed by atoms with Gasteiger partial charge in [0.05, 0.1) is 16.7 Å². The van der Waals surface area contributed by atoms with Crippen LogP contribution in [0.25, 0.3) is 0 Å². The number of alkyl halides is 3. The lowest BCUT2D eigenvalue weighted by Gasteiger charge is -2.26. The molecule has 1 aliphatic rings. The first-order chi connectivity index (χ1) is 10.1. The standard InChI is InChI=1S/C14H15ClF3NO3/c1-13(2)11(5-6-21-13)19-12(20)8-3-4-10(9(15)7-8)22-14(16,17)18/h3-4,7,11H,5-6H2,1-2H3,(H,19,20). The molecule has 1 aromatic carbocycles. The van der Waals surface area contributed by atoms with Crippen LogP contribution < -0.4 is 10.1 Å². The molecular weight excluding hydrogens is 323 g/mol. The number of nitrogens with one attached hydrogen (secondary N) is 1. The molecular formula is C14H15ClF3NO3. The molecule has 4 nitrogen and oxygen atoms in total. The molecule has 1 amide bonds. The first kappa shape index (κ1) is 16.9. The van der Waals surface area contributed by atoms with Crippen molar-refractivity contribution < 1.29 is 27.4 Å². The van der Waals surface area contributed by atoms with Crippen LogP contribution in [-0.4, -0.2) is 30.5 Å². The number of halogens is 4. The Kier molecular flexibility index (Phi) is 4.58. The van der Waals surface area contributed by atoms with Gasteiger partial charge in [0.2, 0.25) is 0 Å². The lowest BCUT2D eigenvalue weighted by atomic mass is 9.98. The average Bonchev–Trinajstić information content (AvgIpc) is 2.69. The van der Waals surface area contributed by atoms with Crippen molar-refractivity contribution in [1.82, 2.24) is 5.32 Å². The Labute approximate surface area is 130 Å². The highest BCUT2D eigenvalue weighted by Gasteiger charge is 2.37. The van der Waals surface area contributed by atoms with Gasteiger partial charge in [-0.1, -0.05) is 11.6 Å². The lowest BCUT2D eigenvalue weighted by molar-refractivity contribution is -0.274. The molecule has 1 saturated heterocycles. The summed E-state index contributed by atoms with van der Waals surface area (Å²) in [4.78, 5) is 12.1. The van der Waals surface area contributed by atoms with E-state index in [1.807, 2.05) is 13.8 Å². The molecule has 1 atom stereocenters. The van der Waals surface area contributed by atoms with Crippen molar-refractivity contribution in [3.63, 3.8) is 0 Å². The number of carbonyl (C=O) groups excluding carboxylic acids is 1. The normalized spacial score (nSPS) is 20.7. The van der Waals surface area contributed by atoms with Crippen LogP contribution in [0.2, 0.25) is 5.02 Å². The fourth-order valence-electron chi connectivity index (χ4n) is 2.23. The van der Waals surface area contributed by atoms with Crippen molar-refractivity contribution in [2.24, 2.45) is 0 Å². The van der Waals surface area contributed by atoms with Crippen LogP contribution in [0.15, 0.2) is 18.2 Å². The Bertz CT molecular complexity index is 575. The number of ether oxygens (including phenoxy) is 2. The van der Waals surface area contributed by atoms with Gasteiger partial charge in [0.1, 0.15) is 5.75 Å². The van der Waals surface area contributed by atoms with Gasteiger partial charge in [-0.05, 0) is 38.5 Å². The minimum Gasteiger partial charge on any atom is -0.404 e. The Morgan fingerprint density at radius 2 is 2.14 bits per heavy atom. The molecule has 1 N–H and O–H groups in total. The second kappa shape index (κ2) is 5.96. The van der Waals surface area contributed by atoms with Crippen molar-refractivity contribution in [2.75, 3.05) is 6.61 Å². The average molecular weight is 338 g/mol. The van der Waals surface area contributed by atoms with E-state index < -0.39 is 23.6 Å². The number of benzene rings is 1. The number of hydrogen-bond acceptors (Lipinski definition) is 3. The maximum absolute atomic E-state index is 12.2. The molecule has 2 rings (SSSR count). The molecule has 0 bridgehead atoms. The van der Waals surface area contributed by atoms with Crippen LogP contribution in [-0.2, 0) is 4.74 Å². The molecule has 1 fully saturated rings. The minimum absolute atomic E-state index is 0.155. The quantitative estimate of drug-likeness (QED) is 0.917. The highest BCUT2D eigenvalue weighted by molar-refractivity contribution is 6.32. The zero-order chi connectivity index (χ0) is 16.5. The van der Waals surface area contributed by atoms with Crippen LogP contribution in [0.3, 0.4) is 0 Å². The molecule has 1 unspecified atom stereocenters. The van der Waals surface area contributed by atoms with Gasteiger partial charge in [-0.15, -0.1) is 13.2 Å². The highest BCUT2D eigenvalue weighted by Crippen LogP contribution is 2.31. The summed E-state index contributed by atoms with van der Waals surface area (Å²) in [5, 5.41) is 2.51. The summed E-state index contributed by atoms with van der Waals surface area (Å²) in [5.74, 6) is -0.973. The molecule has 1 heterocycles. The van der Waals surface area contributed by atoms with Gasteiger partial charge in [-0.3, -0.25) is 4.79 Å². The summed E-state index contributed by atoms with van der Waals surface area (Å²) < 4.78 is 45.7. The monoisotopic (exact) mass is 337 g/mol. The molecule has 8 heteroatoms. The maximum atomic E-state index is 12.2. The van der Waals surface area contributed by atoms with Gasteiger partial charge >= 0.3 is 6.36 Å². The van der Waals surface area contributed by atoms with Crippen molar-refractivity contribution in [3.8, 4) is 5.75 Å². The predicted molar refractivity (Wildman–Crippen MR) is 74.0 cm³/mol. The highest BCUT2D eigenvalue weighted by atomic mass is 35.5. The number of hydrogen-bond donors (Lipinski definition) is 1. The number of rotatable bonds is 3. The summed E-state index contributed by atoms with van der Waals surface area (Å²) in [6, 6.07) is 3.21. The first-order valence-corrected chi connectivity index (χ1v) is 6.96. The Balaban J connectivity index is 2.09. The van der Waals surface area contributed by atoms with Crippen molar-refractivity contribution >= 4 is 17.5 Å². The molecule has 1 aliphatic heterocycles. The van der Waals surface area contributed by atoms with E-state index in [9.17, 15) is 18.0 Å². The molecule has 0 spiro atoms. The van der Waals surface area contributed by atoms with E-state index in [0.717, 1.165) is 12.1 Å². The summed E-state index contributed by atoms with van der Waals surface area (Å²) in [7, 11) is 0. The SMILES string of the molecule is CC1(C)OCCC1NC(=O)c1ccc(OC(F)(F)F)c(Cl)c1. The molecule has 22 heavy (non-hydrogen) atoms. The topological polar surface area (TPSA) is 47.6 Å². The van der Waals surface area contributed by atoms with E-state index in [4.69, 9.17) is 16.3 Å². The van der Waals surface area contributed by atoms with Gasteiger partial charge in [-0.2, -0.15) is 0 Å². The van der Waals surface area contributed by atoms with Crippen molar-refractivity contribution in [3.05, 3.63) is 28.8 Å². The fraction of sp³-hybridized carbons (Fsp3) is 0.500. The third-order valence-corrected chi connectivity index (χ3v) is 3.74. The summed E-state index contributed by atoms with van der Waals surface area (Å²) >= 11 is 5.72. The zero-order valence-electron chi connectivity index (χ0n) is 12.0. The second-order valence-corrected chi connectivity index (χ2v) is 5.87. The Morgan fingerprint density at radius 1 is 1.45 bits per heavy atom. The van der Waals surface area contributed by atoms with Crippen LogP contribution in [0.5, 0.6) is 5.75 Å². The molecule has 0 aromatic heterocycles. The van der Waals surface area contributed by atoms with Gasteiger partial charge in [-0.25, -0.2) is 0 Å². The van der Waals surface area contributed by atoms with Crippen LogP contribution in [0, 0.1) is 0 Å². The molecule has 0 aliphatic carbocycles. The van der Waals surface area contributed by atoms with E-state index in [-0.39, 0.29) is 16.6 Å². The predicted octanol–water partition coefficient (Wildman–Crippen LogP) is 3.54. The van der Waals surface area contributed by atoms with E-state index in [2.05, 4.69) is 10.1 Å². The Morgan fingerprint density at radius 3 is 2.64 bits per heavy atom. The molecule has 1 aromatic rings. The summed E-state index contributed by atoms with van der Waals surface area (Å²) in [5.41, 5.74) is -0.332. The number of carbonyl (C=O) groups is 1. The molecule has 0 saturated carbocycles. The van der Waals surface area contributed by atoms with Gasteiger partial charge in [0.25, 0.3) is 5.91 Å². The van der Waals surface area contributed by atoms with Crippen molar-refractivity contribution in [2.45, 2.75) is 38.3 Å². The Hall–Kier alpha value is -1.47. The van der Waals surface area contributed by atoms with E-state index in [1.165, 1.54) is 6.07 Å². The van der Waals surface area contributed by atoms with Crippen LogP contribution in [0.4, 0.5) is 13.2 Å². The minimum atomic E-state index is -4.83. The van der Waals surface area contributed by atoms with Crippen LogP contribution in [0.1, 0.15) is 30.6 Å². The second-order valence-electron chi connectivity index (χ2n) is 5.46. The largest absolute Gasteiger partial charge is 0.573 e. The summed E-state index contributed by atoms with van der Waals surface area (Å²) in [6.45, 7) is 4.26. The lowest BCUT2D eigenvalue weighted by Crippen LogP contribution is -2.46. The maximum Gasteiger partial charge on any atom is 0.573 e. The zero-order valence-corrected chi connectivity index (χ0v) is 12.7. The van der Waals surface area contributed by atoms with E-state index in [1.54, 1.807) is 0 Å². The van der Waals surface area contributed by atoms with E-state index >= 15 is 0 Å². The smallest absolute Gasteiger partial charge is 0.404 e.